The first kappa shape index (κ1) is 14.3. The number of benzene rings is 1. The fourth-order valence-corrected chi connectivity index (χ4v) is 1.35. The zero-order chi connectivity index (χ0) is 14.4. The van der Waals surface area contributed by atoms with E-state index in [0.717, 1.165) is 12.1 Å². The molecule has 0 aliphatic heterocycles. The molecule has 0 heterocycles. The maximum absolute atomic E-state index is 12.3. The van der Waals surface area contributed by atoms with Gasteiger partial charge in [0.15, 0.2) is 6.29 Å². The second kappa shape index (κ2) is 6.26. The number of alkyl halides is 2. The molecule has 0 saturated carbocycles. The van der Waals surface area contributed by atoms with Gasteiger partial charge in [0.1, 0.15) is 5.75 Å². The van der Waals surface area contributed by atoms with Crippen LogP contribution in [0.3, 0.4) is 0 Å². The number of rotatable bonds is 5. The molecule has 0 spiro atoms. The number of hydrogen-bond acceptors (Lipinski definition) is 4. The van der Waals surface area contributed by atoms with Crippen LogP contribution in [0.15, 0.2) is 18.2 Å². The van der Waals surface area contributed by atoms with Gasteiger partial charge in [0.05, 0.1) is 17.2 Å². The van der Waals surface area contributed by atoms with Gasteiger partial charge in [-0.05, 0) is 18.2 Å². The van der Waals surface area contributed by atoms with Crippen LogP contribution in [0.5, 0.6) is 5.75 Å². The summed E-state index contributed by atoms with van der Waals surface area (Å²) in [6, 6.07) is 4.05. The number of nitrogens with zero attached hydrogens (tertiary/aromatic N) is 1. The van der Waals surface area contributed by atoms with E-state index in [1.165, 1.54) is 6.07 Å². The molecule has 0 aromatic heterocycles. The molecule has 0 saturated heterocycles. The Labute approximate surface area is 106 Å². The Hall–Kier alpha value is -2.75. The zero-order valence-corrected chi connectivity index (χ0v) is 9.34. The highest BCUT2D eigenvalue weighted by Crippen LogP contribution is 2.29. The monoisotopic (exact) mass is 267 g/mol. The summed E-state index contributed by atoms with van der Waals surface area (Å²) >= 11 is 0. The summed E-state index contributed by atoms with van der Waals surface area (Å²) < 4.78 is 28.8. The number of carbonyl (C=O) groups is 2. The van der Waals surface area contributed by atoms with Crippen LogP contribution in [-0.2, 0) is 4.79 Å². The average Bonchev–Trinajstić information content (AvgIpc) is 2.35. The van der Waals surface area contributed by atoms with Crippen molar-refractivity contribution in [3.05, 3.63) is 34.9 Å². The van der Waals surface area contributed by atoms with Gasteiger partial charge in [-0.25, -0.2) is 4.79 Å². The second-order valence-corrected chi connectivity index (χ2v) is 3.22. The lowest BCUT2D eigenvalue weighted by atomic mass is 10.0. The Balaban J connectivity index is 3.47. The minimum absolute atomic E-state index is 0.0845. The molecular weight excluding hydrogens is 260 g/mol. The van der Waals surface area contributed by atoms with Gasteiger partial charge < -0.3 is 9.84 Å². The third-order valence-corrected chi connectivity index (χ3v) is 2.07. The van der Waals surface area contributed by atoms with Crippen molar-refractivity contribution in [3.8, 4) is 11.8 Å². The summed E-state index contributed by atoms with van der Waals surface area (Å²) in [4.78, 5) is 21.2. The highest BCUT2D eigenvalue weighted by atomic mass is 19.3. The van der Waals surface area contributed by atoms with Gasteiger partial charge in [-0.1, -0.05) is 0 Å². The number of hydrogen-bond donors (Lipinski definition) is 1. The molecule has 7 heteroatoms. The number of carboxylic acids is 1. The van der Waals surface area contributed by atoms with Gasteiger partial charge in [-0.2, -0.15) is 14.0 Å². The summed E-state index contributed by atoms with van der Waals surface area (Å²) in [6.45, 7) is -3.20. The lowest BCUT2D eigenvalue weighted by Gasteiger charge is -2.11. The predicted molar refractivity (Wildman–Crippen MR) is 59.8 cm³/mol. The van der Waals surface area contributed by atoms with Crippen LogP contribution in [0, 0.1) is 11.3 Å². The molecule has 1 aromatic carbocycles. The van der Waals surface area contributed by atoms with Crippen molar-refractivity contribution in [1.29, 1.82) is 5.26 Å². The quantitative estimate of drug-likeness (QED) is 0.651. The minimum Gasteiger partial charge on any atom is -0.478 e. The Morgan fingerprint density at radius 1 is 1.47 bits per heavy atom. The van der Waals surface area contributed by atoms with Crippen molar-refractivity contribution in [2.75, 3.05) is 0 Å². The molecule has 0 radical (unpaired) electrons. The van der Waals surface area contributed by atoms with Crippen molar-refractivity contribution >= 4 is 18.3 Å². The maximum Gasteiger partial charge on any atom is 0.387 e. The SMILES string of the molecule is N#Cc1ccc(C=O)c(OC(F)F)c1/C=C/C(=O)O. The fourth-order valence-electron chi connectivity index (χ4n) is 1.35. The van der Waals surface area contributed by atoms with Crippen LogP contribution < -0.4 is 4.74 Å². The van der Waals surface area contributed by atoms with E-state index in [9.17, 15) is 18.4 Å². The molecule has 0 amide bonds. The van der Waals surface area contributed by atoms with Crippen LogP contribution in [-0.4, -0.2) is 24.0 Å². The Kier molecular flexibility index (Phi) is 4.71. The number of carbonyl (C=O) groups excluding carboxylic acids is 1. The van der Waals surface area contributed by atoms with E-state index in [1.807, 2.05) is 0 Å². The smallest absolute Gasteiger partial charge is 0.387 e. The first-order valence-corrected chi connectivity index (χ1v) is 4.87. The summed E-state index contributed by atoms with van der Waals surface area (Å²) in [5.74, 6) is -1.86. The van der Waals surface area contributed by atoms with Crippen molar-refractivity contribution in [2.45, 2.75) is 6.61 Å². The zero-order valence-electron chi connectivity index (χ0n) is 9.34. The van der Waals surface area contributed by atoms with E-state index in [0.29, 0.717) is 6.08 Å². The Morgan fingerprint density at radius 2 is 2.16 bits per heavy atom. The van der Waals surface area contributed by atoms with Crippen molar-refractivity contribution in [2.24, 2.45) is 0 Å². The molecule has 0 bridgehead atoms. The molecule has 0 aliphatic rings. The van der Waals surface area contributed by atoms with E-state index in [4.69, 9.17) is 10.4 Å². The number of aldehydes is 1. The fraction of sp³-hybridized carbons (Fsp3) is 0.0833. The number of ether oxygens (including phenoxy) is 1. The first-order chi connectivity index (χ1) is 8.99. The second-order valence-electron chi connectivity index (χ2n) is 3.22. The molecule has 98 valence electrons. The standard InChI is InChI=1S/C12H7F2NO4/c13-12(14)19-11-8(6-16)2-1-7(5-15)9(11)3-4-10(17)18/h1-4,6,12H,(H,17,18)/b4-3+. The molecule has 0 fully saturated rings. The molecule has 1 aromatic rings. The van der Waals surface area contributed by atoms with E-state index in [-0.39, 0.29) is 23.0 Å². The van der Waals surface area contributed by atoms with Gasteiger partial charge in [0.25, 0.3) is 0 Å². The van der Waals surface area contributed by atoms with Crippen LogP contribution in [0.2, 0.25) is 0 Å². The Morgan fingerprint density at radius 3 is 2.63 bits per heavy atom. The molecule has 1 N–H and O–H groups in total. The van der Waals surface area contributed by atoms with Crippen molar-refractivity contribution in [1.82, 2.24) is 0 Å². The van der Waals surface area contributed by atoms with Crippen LogP contribution in [0.4, 0.5) is 8.78 Å². The predicted octanol–water partition coefficient (Wildman–Crippen LogP) is 2.07. The number of halogens is 2. The van der Waals surface area contributed by atoms with Gasteiger partial charge in [0.2, 0.25) is 0 Å². The normalized spacial score (nSPS) is 10.4. The largest absolute Gasteiger partial charge is 0.478 e. The topological polar surface area (TPSA) is 87.4 Å². The first-order valence-electron chi connectivity index (χ1n) is 4.87. The lowest BCUT2D eigenvalue weighted by Crippen LogP contribution is -2.07. The number of nitriles is 1. The molecule has 5 nitrogen and oxygen atoms in total. The third kappa shape index (κ3) is 3.61. The molecule has 0 unspecified atom stereocenters. The molecule has 0 aliphatic carbocycles. The highest BCUT2D eigenvalue weighted by molar-refractivity contribution is 5.89. The van der Waals surface area contributed by atoms with Gasteiger partial charge in [-0.15, -0.1) is 0 Å². The summed E-state index contributed by atoms with van der Waals surface area (Å²) in [6.07, 6.45) is 1.85. The van der Waals surface area contributed by atoms with Crippen molar-refractivity contribution < 1.29 is 28.2 Å². The summed E-state index contributed by atoms with van der Waals surface area (Å²) in [7, 11) is 0. The van der Waals surface area contributed by atoms with Crippen LogP contribution in [0.25, 0.3) is 6.08 Å². The Bertz CT molecular complexity index is 576. The van der Waals surface area contributed by atoms with Gasteiger partial charge in [-0.3, -0.25) is 4.79 Å². The van der Waals surface area contributed by atoms with Crippen molar-refractivity contribution in [3.63, 3.8) is 0 Å². The number of carboxylic acid groups (broad SMARTS) is 1. The van der Waals surface area contributed by atoms with E-state index in [1.54, 1.807) is 6.07 Å². The molecule has 0 atom stereocenters. The van der Waals surface area contributed by atoms with Gasteiger partial charge in [0, 0.05) is 11.6 Å². The molecule has 1 rings (SSSR count). The van der Waals surface area contributed by atoms with Gasteiger partial charge >= 0.3 is 12.6 Å². The van der Waals surface area contributed by atoms with Crippen LogP contribution in [0.1, 0.15) is 21.5 Å². The van der Waals surface area contributed by atoms with Crippen LogP contribution >= 0.6 is 0 Å². The minimum atomic E-state index is -3.20. The van der Waals surface area contributed by atoms with E-state index >= 15 is 0 Å². The highest BCUT2D eigenvalue weighted by Gasteiger charge is 2.16. The molecule has 19 heavy (non-hydrogen) atoms. The van der Waals surface area contributed by atoms with E-state index < -0.39 is 18.3 Å². The average molecular weight is 267 g/mol. The molecular formula is C12H7F2NO4. The maximum atomic E-state index is 12.3. The summed E-state index contributed by atoms with van der Waals surface area (Å²) in [5.41, 5.74) is -0.474. The van der Waals surface area contributed by atoms with E-state index in [2.05, 4.69) is 4.74 Å². The third-order valence-electron chi connectivity index (χ3n) is 2.07. The lowest BCUT2D eigenvalue weighted by molar-refractivity contribution is -0.131. The number of aliphatic carboxylic acids is 1. The summed E-state index contributed by atoms with van der Waals surface area (Å²) in [5, 5.41) is 17.4.